The van der Waals surface area contributed by atoms with E-state index in [1.165, 1.54) is 5.57 Å². The average Bonchev–Trinajstić information content (AvgIpc) is 1.72. The first-order valence-corrected chi connectivity index (χ1v) is 2.53. The van der Waals surface area contributed by atoms with Gasteiger partial charge in [0.2, 0.25) is 0 Å². The van der Waals surface area contributed by atoms with Gasteiger partial charge in [-0.05, 0) is 13.8 Å². The quantitative estimate of drug-likeness (QED) is 0.359. The molecular weight excluding hydrogens is 96.1 g/mol. The molecule has 46 valence electrons. The number of hydrogen-bond donors (Lipinski definition) is 0. The van der Waals surface area contributed by atoms with Gasteiger partial charge >= 0.3 is 0 Å². The molecule has 0 bridgehead atoms. The summed E-state index contributed by atoms with van der Waals surface area (Å²) in [5, 5.41) is 0. The molecular formula is C8H14. The van der Waals surface area contributed by atoms with Crippen LogP contribution < -0.4 is 0 Å². The molecule has 0 aromatic carbocycles. The van der Waals surface area contributed by atoms with Gasteiger partial charge in [0.25, 0.3) is 0 Å². The van der Waals surface area contributed by atoms with Crippen molar-refractivity contribution < 1.29 is 0 Å². The second-order valence-electron chi connectivity index (χ2n) is 1.48. The van der Waals surface area contributed by atoms with Crippen LogP contribution in [0.1, 0.15) is 13.8 Å². The molecule has 0 spiro atoms. The predicted molar refractivity (Wildman–Crippen MR) is 40.9 cm³/mol. The molecule has 0 heterocycles. The zero-order chi connectivity index (χ0) is 6.99. The van der Waals surface area contributed by atoms with Gasteiger partial charge in [0.1, 0.15) is 0 Å². The van der Waals surface area contributed by atoms with E-state index in [4.69, 9.17) is 0 Å². The van der Waals surface area contributed by atoms with Crippen LogP contribution in [0.15, 0.2) is 37.5 Å². The first kappa shape index (κ1) is 10.3. The SMILES string of the molecule is C=C.C=CC=C(C)C. The summed E-state index contributed by atoms with van der Waals surface area (Å²) in [7, 11) is 0. The van der Waals surface area contributed by atoms with Crippen molar-refractivity contribution >= 4 is 0 Å². The van der Waals surface area contributed by atoms with Gasteiger partial charge in [0.15, 0.2) is 0 Å². The maximum atomic E-state index is 3.52. The van der Waals surface area contributed by atoms with E-state index in [0.717, 1.165) is 0 Å². The molecule has 8 heavy (non-hydrogen) atoms. The van der Waals surface area contributed by atoms with Crippen LogP contribution >= 0.6 is 0 Å². The third-order valence-corrected chi connectivity index (χ3v) is 0.451. The lowest BCUT2D eigenvalue weighted by molar-refractivity contribution is 1.40. The molecule has 0 heteroatoms. The van der Waals surface area contributed by atoms with Crippen molar-refractivity contribution in [1.29, 1.82) is 0 Å². The molecule has 0 radical (unpaired) electrons. The van der Waals surface area contributed by atoms with E-state index >= 15 is 0 Å². The van der Waals surface area contributed by atoms with E-state index < -0.39 is 0 Å². The van der Waals surface area contributed by atoms with Crippen LogP contribution in [0.2, 0.25) is 0 Å². The largest absolute Gasteiger partial charge is 0.106 e. The normalized spacial score (nSPS) is 5.75. The molecule has 0 aliphatic heterocycles. The van der Waals surface area contributed by atoms with Crippen molar-refractivity contribution in [2.45, 2.75) is 13.8 Å². The lowest BCUT2D eigenvalue weighted by Gasteiger charge is -1.76. The highest BCUT2D eigenvalue weighted by atomic mass is 13.7. The van der Waals surface area contributed by atoms with Crippen LogP contribution in [0.25, 0.3) is 0 Å². The standard InChI is InChI=1S/C6H10.C2H4/c1-4-5-6(2)3;1-2/h4-5H,1H2,2-3H3;1-2H2. The van der Waals surface area contributed by atoms with E-state index in [1.807, 2.05) is 19.9 Å². The molecule has 0 saturated heterocycles. The molecule has 0 aliphatic rings. The minimum Gasteiger partial charge on any atom is -0.106 e. The van der Waals surface area contributed by atoms with Crippen LogP contribution in [-0.2, 0) is 0 Å². The molecule has 0 nitrogen and oxygen atoms in total. The van der Waals surface area contributed by atoms with Crippen molar-refractivity contribution in [1.82, 2.24) is 0 Å². The van der Waals surface area contributed by atoms with Crippen LogP contribution in [-0.4, -0.2) is 0 Å². The second kappa shape index (κ2) is 9.52. The summed E-state index contributed by atoms with van der Waals surface area (Å²) in [4.78, 5) is 0. The zero-order valence-corrected chi connectivity index (χ0v) is 5.78. The first-order chi connectivity index (χ1) is 3.77. The van der Waals surface area contributed by atoms with E-state index in [0.29, 0.717) is 0 Å². The molecule has 0 rings (SSSR count). The van der Waals surface area contributed by atoms with Crippen molar-refractivity contribution in [3.8, 4) is 0 Å². The van der Waals surface area contributed by atoms with E-state index in [1.54, 1.807) is 6.08 Å². The fourth-order valence-corrected chi connectivity index (χ4v) is 0.236. The van der Waals surface area contributed by atoms with Crippen molar-refractivity contribution in [3.05, 3.63) is 37.5 Å². The van der Waals surface area contributed by atoms with E-state index in [-0.39, 0.29) is 0 Å². The van der Waals surface area contributed by atoms with Crippen molar-refractivity contribution in [3.63, 3.8) is 0 Å². The monoisotopic (exact) mass is 110 g/mol. The Morgan fingerprint density at radius 2 is 1.62 bits per heavy atom. The van der Waals surface area contributed by atoms with Gasteiger partial charge in [-0.1, -0.05) is 24.3 Å². The zero-order valence-electron chi connectivity index (χ0n) is 5.78. The highest BCUT2D eigenvalue weighted by Gasteiger charge is 1.63. The first-order valence-electron chi connectivity index (χ1n) is 2.53. The van der Waals surface area contributed by atoms with Gasteiger partial charge in [-0.15, -0.1) is 13.2 Å². The maximum absolute atomic E-state index is 3.52. The summed E-state index contributed by atoms with van der Waals surface area (Å²) in [6, 6.07) is 0. The predicted octanol–water partition coefficient (Wildman–Crippen LogP) is 2.94. The lowest BCUT2D eigenvalue weighted by atomic mass is 10.3. The summed E-state index contributed by atoms with van der Waals surface area (Å²) in [5.41, 5.74) is 1.30. The number of hydrogen-bond acceptors (Lipinski definition) is 0. The highest BCUT2D eigenvalue weighted by Crippen LogP contribution is 1.85. The Hall–Kier alpha value is -0.780. The average molecular weight is 110 g/mol. The topological polar surface area (TPSA) is 0 Å². The van der Waals surface area contributed by atoms with Gasteiger partial charge in [-0.3, -0.25) is 0 Å². The van der Waals surface area contributed by atoms with E-state index in [2.05, 4.69) is 19.7 Å². The van der Waals surface area contributed by atoms with Crippen LogP contribution in [0.4, 0.5) is 0 Å². The summed E-state index contributed by atoms with van der Waals surface area (Å²) in [6.45, 7) is 13.6. The molecule has 0 aromatic heterocycles. The van der Waals surface area contributed by atoms with Gasteiger partial charge in [0.05, 0.1) is 0 Å². The fourth-order valence-electron chi connectivity index (χ4n) is 0.236. The molecule has 0 aromatic rings. The van der Waals surface area contributed by atoms with Crippen molar-refractivity contribution in [2.75, 3.05) is 0 Å². The van der Waals surface area contributed by atoms with Crippen LogP contribution in [0.5, 0.6) is 0 Å². The minimum absolute atomic E-state index is 1.30. The molecule has 0 aliphatic carbocycles. The van der Waals surface area contributed by atoms with Gasteiger partial charge in [-0.2, -0.15) is 0 Å². The van der Waals surface area contributed by atoms with Gasteiger partial charge in [-0.25, -0.2) is 0 Å². The fraction of sp³-hybridized carbons (Fsp3) is 0.250. The minimum atomic E-state index is 1.30. The number of rotatable bonds is 1. The Kier molecular flexibility index (Phi) is 12.2. The Morgan fingerprint density at radius 1 is 1.25 bits per heavy atom. The third-order valence-electron chi connectivity index (χ3n) is 0.451. The Labute approximate surface area is 52.2 Å². The summed E-state index contributed by atoms with van der Waals surface area (Å²) < 4.78 is 0. The van der Waals surface area contributed by atoms with Crippen LogP contribution in [0, 0.1) is 0 Å². The molecule has 0 unspecified atom stereocenters. The lowest BCUT2D eigenvalue weighted by Crippen LogP contribution is -1.54. The Morgan fingerprint density at radius 3 is 1.62 bits per heavy atom. The van der Waals surface area contributed by atoms with E-state index in [9.17, 15) is 0 Å². The summed E-state index contributed by atoms with van der Waals surface area (Å²) in [5.74, 6) is 0. The molecule has 0 fully saturated rings. The Balaban J connectivity index is 0. The molecule has 0 saturated carbocycles. The van der Waals surface area contributed by atoms with Gasteiger partial charge in [0, 0.05) is 0 Å². The summed E-state index contributed by atoms with van der Waals surface area (Å²) in [6.07, 6.45) is 3.76. The maximum Gasteiger partial charge on any atom is -0.0439 e. The Bertz CT molecular complexity index is 74.0. The third kappa shape index (κ3) is 18.9. The molecule has 0 N–H and O–H groups in total. The van der Waals surface area contributed by atoms with Crippen molar-refractivity contribution in [2.24, 2.45) is 0 Å². The van der Waals surface area contributed by atoms with Gasteiger partial charge < -0.3 is 0 Å². The smallest absolute Gasteiger partial charge is 0.0439 e. The highest BCUT2D eigenvalue weighted by molar-refractivity contribution is 5.04. The number of allylic oxidation sites excluding steroid dienone is 3. The second-order valence-corrected chi connectivity index (χ2v) is 1.48. The molecule has 0 atom stereocenters. The molecule has 0 amide bonds. The summed E-state index contributed by atoms with van der Waals surface area (Å²) >= 11 is 0. The van der Waals surface area contributed by atoms with Crippen LogP contribution in [0.3, 0.4) is 0 Å².